The van der Waals surface area contributed by atoms with E-state index in [0.29, 0.717) is 16.3 Å². The van der Waals surface area contributed by atoms with Crippen LogP contribution in [0.15, 0.2) is 58.2 Å². The molecule has 2 rings (SSSR count). The Labute approximate surface area is 140 Å². The Hall–Kier alpha value is -2.05. The minimum Gasteiger partial charge on any atom is -0.480 e. The van der Waals surface area contributed by atoms with Crippen LogP contribution >= 0.6 is 27.5 Å². The molecule has 2 aromatic rings. The molecule has 0 radical (unpaired) electrons. The zero-order chi connectivity index (χ0) is 15.9. The van der Waals surface area contributed by atoms with Crippen LogP contribution in [0.5, 0.6) is 5.75 Å². The maximum absolute atomic E-state index is 11.6. The van der Waals surface area contributed by atoms with E-state index in [1.165, 1.54) is 0 Å². The van der Waals surface area contributed by atoms with E-state index in [2.05, 4.69) is 21.1 Å². The molecule has 0 bridgehead atoms. The van der Waals surface area contributed by atoms with Crippen molar-refractivity contribution in [2.45, 2.75) is 0 Å². The lowest BCUT2D eigenvalue weighted by Gasteiger charge is -2.06. The molecular weight excluding hydrogens is 372 g/mol. The molecule has 22 heavy (non-hydrogen) atoms. The monoisotopic (exact) mass is 382 g/mol. The molecule has 114 valence electrons. The second-order valence-electron chi connectivity index (χ2n) is 4.17. The minimum absolute atomic E-state index is 0.107. The van der Waals surface area contributed by atoms with Crippen LogP contribution in [0.1, 0.15) is 5.56 Å². The number of rotatable bonds is 5. The predicted octanol–water partition coefficient (Wildman–Crippen LogP) is 3.35. The molecule has 0 aromatic heterocycles. The Morgan fingerprint density at radius 2 is 1.95 bits per heavy atom. The summed E-state index contributed by atoms with van der Waals surface area (Å²) in [5.41, 5.74) is 6.36. The number of amidine groups is 1. The molecule has 0 atom stereocenters. The summed E-state index contributed by atoms with van der Waals surface area (Å²) in [6, 6.07) is 14.0. The molecule has 0 spiro atoms. The number of halogens is 2. The zero-order valence-corrected chi connectivity index (χ0v) is 13.7. The first-order valence-corrected chi connectivity index (χ1v) is 7.40. The first-order chi connectivity index (χ1) is 10.6. The SMILES string of the molecule is N/C(=N/OC(=O)COc1ccc(Br)cc1Cl)c1ccccc1. The van der Waals surface area contributed by atoms with Crippen LogP contribution in [0.3, 0.4) is 0 Å². The molecule has 0 saturated carbocycles. The molecular formula is C15H12BrClN2O3. The van der Waals surface area contributed by atoms with Gasteiger partial charge >= 0.3 is 5.97 Å². The standard InChI is InChI=1S/C15H12BrClN2O3/c16-11-6-7-13(12(17)8-11)21-9-14(20)22-19-15(18)10-4-2-1-3-5-10/h1-8H,9H2,(H2,18,19). The molecule has 2 aromatic carbocycles. The van der Waals surface area contributed by atoms with Gasteiger partial charge in [0.25, 0.3) is 0 Å². The number of nitrogens with zero attached hydrogens (tertiary/aromatic N) is 1. The molecule has 0 fully saturated rings. The second kappa shape index (κ2) is 7.82. The van der Waals surface area contributed by atoms with Crippen LogP contribution in [0.4, 0.5) is 0 Å². The van der Waals surface area contributed by atoms with Crippen LogP contribution in [-0.4, -0.2) is 18.4 Å². The van der Waals surface area contributed by atoms with Gasteiger partial charge in [-0.3, -0.25) is 0 Å². The summed E-state index contributed by atoms with van der Waals surface area (Å²) in [5, 5.41) is 3.95. The summed E-state index contributed by atoms with van der Waals surface area (Å²) >= 11 is 9.24. The van der Waals surface area contributed by atoms with E-state index in [9.17, 15) is 4.79 Å². The highest BCUT2D eigenvalue weighted by atomic mass is 79.9. The van der Waals surface area contributed by atoms with Crippen molar-refractivity contribution in [2.75, 3.05) is 6.61 Å². The fraction of sp³-hybridized carbons (Fsp3) is 0.0667. The molecule has 7 heteroatoms. The van der Waals surface area contributed by atoms with E-state index < -0.39 is 5.97 Å². The quantitative estimate of drug-likeness (QED) is 0.372. The fourth-order valence-electron chi connectivity index (χ4n) is 1.52. The summed E-state index contributed by atoms with van der Waals surface area (Å²) < 4.78 is 6.07. The third kappa shape index (κ3) is 4.75. The summed E-state index contributed by atoms with van der Waals surface area (Å²) in [7, 11) is 0. The summed E-state index contributed by atoms with van der Waals surface area (Å²) in [5.74, 6) is -0.199. The van der Waals surface area contributed by atoms with E-state index in [4.69, 9.17) is 26.9 Å². The van der Waals surface area contributed by atoms with Crippen molar-refractivity contribution in [3.8, 4) is 5.75 Å². The highest BCUT2D eigenvalue weighted by molar-refractivity contribution is 9.10. The topological polar surface area (TPSA) is 73.9 Å². The lowest BCUT2D eigenvalue weighted by molar-refractivity contribution is -0.146. The number of oxime groups is 1. The van der Waals surface area contributed by atoms with E-state index in [1.807, 2.05) is 6.07 Å². The van der Waals surface area contributed by atoms with Gasteiger partial charge in [-0.05, 0) is 18.2 Å². The molecule has 0 aliphatic carbocycles. The highest BCUT2D eigenvalue weighted by Gasteiger charge is 2.08. The van der Waals surface area contributed by atoms with Crippen LogP contribution < -0.4 is 10.5 Å². The van der Waals surface area contributed by atoms with Gasteiger partial charge in [-0.1, -0.05) is 63.0 Å². The number of hydrogen-bond donors (Lipinski definition) is 1. The molecule has 2 N–H and O–H groups in total. The van der Waals surface area contributed by atoms with Gasteiger partial charge in [-0.2, -0.15) is 0 Å². The van der Waals surface area contributed by atoms with Gasteiger partial charge in [0, 0.05) is 10.0 Å². The van der Waals surface area contributed by atoms with E-state index >= 15 is 0 Å². The third-order valence-electron chi connectivity index (χ3n) is 2.55. The Balaban J connectivity index is 1.88. The largest absolute Gasteiger partial charge is 0.480 e. The summed E-state index contributed by atoms with van der Waals surface area (Å²) in [6.45, 7) is -0.326. The molecule has 0 heterocycles. The van der Waals surface area contributed by atoms with Gasteiger partial charge in [-0.15, -0.1) is 0 Å². The highest BCUT2D eigenvalue weighted by Crippen LogP contribution is 2.27. The first kappa shape index (κ1) is 16.3. The van der Waals surface area contributed by atoms with Gasteiger partial charge < -0.3 is 15.3 Å². The van der Waals surface area contributed by atoms with Crippen molar-refractivity contribution in [3.63, 3.8) is 0 Å². The molecule has 0 aliphatic rings. The zero-order valence-electron chi connectivity index (χ0n) is 11.3. The number of hydrogen-bond acceptors (Lipinski definition) is 4. The van der Waals surface area contributed by atoms with Crippen LogP contribution in [0.2, 0.25) is 5.02 Å². The van der Waals surface area contributed by atoms with Gasteiger partial charge in [-0.25, -0.2) is 4.79 Å². The van der Waals surface area contributed by atoms with E-state index in [-0.39, 0.29) is 12.4 Å². The molecule has 0 amide bonds. The third-order valence-corrected chi connectivity index (χ3v) is 3.34. The number of benzene rings is 2. The summed E-state index contributed by atoms with van der Waals surface area (Å²) in [6.07, 6.45) is 0. The van der Waals surface area contributed by atoms with Gasteiger partial charge in [0.1, 0.15) is 5.75 Å². The Bertz CT molecular complexity index is 692. The molecule has 5 nitrogen and oxygen atoms in total. The summed E-state index contributed by atoms with van der Waals surface area (Å²) in [4.78, 5) is 16.3. The number of carbonyl (C=O) groups is 1. The second-order valence-corrected chi connectivity index (χ2v) is 5.49. The van der Waals surface area contributed by atoms with Crippen LogP contribution in [0, 0.1) is 0 Å². The maximum Gasteiger partial charge on any atom is 0.372 e. The predicted molar refractivity (Wildman–Crippen MR) is 87.9 cm³/mol. The fourth-order valence-corrected chi connectivity index (χ4v) is 2.24. The van der Waals surface area contributed by atoms with Crippen molar-refractivity contribution < 1.29 is 14.4 Å². The maximum atomic E-state index is 11.6. The minimum atomic E-state index is -0.683. The molecule has 0 unspecified atom stereocenters. The van der Waals surface area contributed by atoms with E-state index in [0.717, 1.165) is 4.47 Å². The van der Waals surface area contributed by atoms with Gasteiger partial charge in [0.05, 0.1) is 5.02 Å². The van der Waals surface area contributed by atoms with Crippen molar-refractivity contribution in [3.05, 3.63) is 63.6 Å². The number of ether oxygens (including phenoxy) is 1. The first-order valence-electron chi connectivity index (χ1n) is 6.23. The van der Waals surface area contributed by atoms with Crippen molar-refractivity contribution in [1.82, 2.24) is 0 Å². The van der Waals surface area contributed by atoms with Gasteiger partial charge in [0.2, 0.25) is 0 Å². The van der Waals surface area contributed by atoms with Crippen LogP contribution in [-0.2, 0) is 9.63 Å². The average molecular weight is 384 g/mol. The van der Waals surface area contributed by atoms with E-state index in [1.54, 1.807) is 42.5 Å². The number of carbonyl (C=O) groups excluding carboxylic acids is 1. The number of nitrogens with two attached hydrogens (primary N) is 1. The van der Waals surface area contributed by atoms with Crippen molar-refractivity contribution in [2.24, 2.45) is 10.9 Å². The van der Waals surface area contributed by atoms with Gasteiger partial charge in [0.15, 0.2) is 12.4 Å². The lowest BCUT2D eigenvalue weighted by atomic mass is 10.2. The average Bonchev–Trinajstić information content (AvgIpc) is 2.52. The Morgan fingerprint density at radius 1 is 1.23 bits per heavy atom. The van der Waals surface area contributed by atoms with Crippen molar-refractivity contribution in [1.29, 1.82) is 0 Å². The molecule has 0 saturated heterocycles. The van der Waals surface area contributed by atoms with Crippen LogP contribution in [0.25, 0.3) is 0 Å². The Morgan fingerprint density at radius 3 is 2.64 bits per heavy atom. The smallest absolute Gasteiger partial charge is 0.372 e. The molecule has 0 aliphatic heterocycles. The lowest BCUT2D eigenvalue weighted by Crippen LogP contribution is -2.18. The Kier molecular flexibility index (Phi) is 5.80. The van der Waals surface area contributed by atoms with Crippen molar-refractivity contribution >= 4 is 39.3 Å². The normalized spacial score (nSPS) is 11.1.